The summed E-state index contributed by atoms with van der Waals surface area (Å²) in [7, 11) is 0. The van der Waals surface area contributed by atoms with Gasteiger partial charge in [-0.3, -0.25) is 0 Å². The van der Waals surface area contributed by atoms with Crippen molar-refractivity contribution in [2.45, 2.75) is 13.3 Å². The van der Waals surface area contributed by atoms with E-state index < -0.39 is 0 Å². The Morgan fingerprint density at radius 3 is 2.21 bits per heavy atom. The van der Waals surface area contributed by atoms with Crippen molar-refractivity contribution in [2.24, 2.45) is 0 Å². The van der Waals surface area contributed by atoms with E-state index in [1.54, 1.807) is 17.5 Å². The molecule has 2 heterocycles. The Morgan fingerprint density at radius 1 is 1.07 bits per heavy atom. The van der Waals surface area contributed by atoms with E-state index in [2.05, 4.69) is 0 Å². The van der Waals surface area contributed by atoms with Gasteiger partial charge in [0.1, 0.15) is 13.3 Å². The largest absolute Gasteiger partial charge is 0.246 e. The van der Waals surface area contributed by atoms with E-state index in [9.17, 15) is 8.78 Å². The first-order valence-corrected chi connectivity index (χ1v) is 5.84. The van der Waals surface area contributed by atoms with Gasteiger partial charge in [-0.15, -0.1) is 11.3 Å². The summed E-state index contributed by atoms with van der Waals surface area (Å²) in [4.78, 5) is 0.806. The highest BCUT2D eigenvalue weighted by Gasteiger charge is 1.86. The van der Waals surface area contributed by atoms with E-state index in [1.807, 2.05) is 16.8 Å². The summed E-state index contributed by atoms with van der Waals surface area (Å²) >= 11 is 2.97. The van der Waals surface area contributed by atoms with Crippen LogP contribution in [-0.4, -0.2) is 0 Å². The molecule has 0 aliphatic carbocycles. The van der Waals surface area contributed by atoms with Crippen molar-refractivity contribution in [1.29, 1.82) is 0 Å². The molecule has 0 spiro atoms. The Bertz CT molecular complexity index is 280. The average Bonchev–Trinajstić information content (AvgIpc) is 2.92. The lowest BCUT2D eigenvalue weighted by Crippen LogP contribution is -1.63. The van der Waals surface area contributed by atoms with Crippen LogP contribution in [0.3, 0.4) is 0 Å². The summed E-state index contributed by atoms with van der Waals surface area (Å²) in [6.07, 6.45) is 0. The highest BCUT2D eigenvalue weighted by atomic mass is 32.1. The first kappa shape index (κ1) is 11.3. The fraction of sp³-hybridized carbons (Fsp3) is 0.200. The quantitative estimate of drug-likeness (QED) is 0.718. The fourth-order valence-corrected chi connectivity index (χ4v) is 1.96. The second-order valence-electron chi connectivity index (χ2n) is 2.48. The van der Waals surface area contributed by atoms with Crippen LogP contribution in [0.25, 0.3) is 0 Å². The number of alkyl halides is 2. The smallest absolute Gasteiger partial charge is 0.124 e. The minimum atomic E-state index is -0.330. The average molecular weight is 232 g/mol. The third-order valence-corrected chi connectivity index (χ3v) is 3.02. The van der Waals surface area contributed by atoms with E-state index in [0.29, 0.717) is 0 Å². The second kappa shape index (κ2) is 6.68. The molecule has 14 heavy (non-hydrogen) atoms. The molecule has 0 atom stereocenters. The van der Waals surface area contributed by atoms with Crippen molar-refractivity contribution < 1.29 is 8.78 Å². The van der Waals surface area contributed by atoms with E-state index in [0.717, 1.165) is 10.4 Å². The fourth-order valence-electron chi connectivity index (χ4n) is 0.757. The molecule has 2 aromatic heterocycles. The van der Waals surface area contributed by atoms with Crippen molar-refractivity contribution in [3.63, 3.8) is 0 Å². The normalized spacial score (nSPS) is 9.29. The van der Waals surface area contributed by atoms with Gasteiger partial charge in [0.05, 0.1) is 0 Å². The molecule has 0 saturated carbocycles. The zero-order chi connectivity index (χ0) is 10.2. The summed E-state index contributed by atoms with van der Waals surface area (Å²) in [6, 6.07) is 5.41. The van der Waals surface area contributed by atoms with Crippen LogP contribution >= 0.6 is 22.7 Å². The Kier molecular flexibility index (Phi) is 5.40. The van der Waals surface area contributed by atoms with Crippen molar-refractivity contribution in [1.82, 2.24) is 0 Å². The standard InChI is InChI=1S/2C5H5FS/c6-3-5-1-2-7-4-5;6-4-5-2-1-3-7-5/h1-2,4H,3H2;1-3H,4H2. The molecule has 0 unspecified atom stereocenters. The van der Waals surface area contributed by atoms with Crippen molar-refractivity contribution in [3.8, 4) is 0 Å². The van der Waals surface area contributed by atoms with Gasteiger partial charge in [-0.2, -0.15) is 11.3 Å². The molecule has 0 aliphatic rings. The summed E-state index contributed by atoms with van der Waals surface area (Å²) < 4.78 is 23.1. The molecule has 0 aliphatic heterocycles. The Labute approximate surface area is 89.8 Å². The zero-order valence-corrected chi connectivity index (χ0v) is 9.08. The number of hydrogen-bond donors (Lipinski definition) is 0. The molecule has 0 fully saturated rings. The topological polar surface area (TPSA) is 0 Å². The van der Waals surface area contributed by atoms with Gasteiger partial charge in [0.15, 0.2) is 0 Å². The van der Waals surface area contributed by atoms with Gasteiger partial charge in [-0.1, -0.05) is 6.07 Å². The van der Waals surface area contributed by atoms with Gasteiger partial charge in [0.25, 0.3) is 0 Å². The minimum absolute atomic E-state index is 0.322. The van der Waals surface area contributed by atoms with Crippen molar-refractivity contribution in [2.75, 3.05) is 0 Å². The molecular formula is C10H10F2S2. The molecule has 2 rings (SSSR count). The third kappa shape index (κ3) is 3.98. The monoisotopic (exact) mass is 232 g/mol. The number of thiophene rings is 2. The number of halogens is 2. The molecule has 76 valence electrons. The van der Waals surface area contributed by atoms with Gasteiger partial charge in [0, 0.05) is 4.88 Å². The molecule has 0 radical (unpaired) electrons. The van der Waals surface area contributed by atoms with Crippen LogP contribution in [0, 0.1) is 0 Å². The second-order valence-corrected chi connectivity index (χ2v) is 4.29. The predicted molar refractivity (Wildman–Crippen MR) is 58.3 cm³/mol. The molecule has 0 bridgehead atoms. The van der Waals surface area contributed by atoms with Crippen LogP contribution in [0.5, 0.6) is 0 Å². The SMILES string of the molecule is FCc1cccs1.FCc1ccsc1. The molecule has 0 N–H and O–H groups in total. The van der Waals surface area contributed by atoms with Crippen LogP contribution in [-0.2, 0) is 13.3 Å². The maximum atomic E-state index is 11.6. The molecule has 0 aromatic carbocycles. The maximum absolute atomic E-state index is 11.6. The van der Waals surface area contributed by atoms with E-state index in [4.69, 9.17) is 0 Å². The summed E-state index contributed by atoms with van der Waals surface area (Å²) in [5.41, 5.74) is 0.782. The van der Waals surface area contributed by atoms with Gasteiger partial charge in [-0.25, -0.2) is 8.78 Å². The number of hydrogen-bond acceptors (Lipinski definition) is 2. The first-order chi connectivity index (χ1) is 6.86. The van der Waals surface area contributed by atoms with Crippen LogP contribution in [0.1, 0.15) is 10.4 Å². The van der Waals surface area contributed by atoms with Gasteiger partial charge in [-0.05, 0) is 33.8 Å². The van der Waals surface area contributed by atoms with Crippen LogP contribution in [0.4, 0.5) is 8.78 Å². The van der Waals surface area contributed by atoms with Gasteiger partial charge >= 0.3 is 0 Å². The Morgan fingerprint density at radius 2 is 1.93 bits per heavy atom. The summed E-state index contributed by atoms with van der Waals surface area (Å²) in [5, 5.41) is 5.55. The van der Waals surface area contributed by atoms with Gasteiger partial charge < -0.3 is 0 Å². The third-order valence-electron chi connectivity index (χ3n) is 1.45. The molecule has 0 amide bonds. The molecular weight excluding hydrogens is 222 g/mol. The highest BCUT2D eigenvalue weighted by molar-refractivity contribution is 7.09. The van der Waals surface area contributed by atoms with Crippen molar-refractivity contribution >= 4 is 22.7 Å². The highest BCUT2D eigenvalue weighted by Crippen LogP contribution is 2.08. The summed E-state index contributed by atoms with van der Waals surface area (Å²) in [6.45, 7) is -0.652. The molecule has 4 heteroatoms. The van der Waals surface area contributed by atoms with E-state index in [-0.39, 0.29) is 13.3 Å². The minimum Gasteiger partial charge on any atom is -0.246 e. The molecule has 0 saturated heterocycles. The lowest BCUT2D eigenvalue weighted by molar-refractivity contribution is 0.486. The van der Waals surface area contributed by atoms with Crippen LogP contribution < -0.4 is 0 Å². The lowest BCUT2D eigenvalue weighted by atomic mass is 10.4. The van der Waals surface area contributed by atoms with E-state index >= 15 is 0 Å². The first-order valence-electron chi connectivity index (χ1n) is 4.02. The lowest BCUT2D eigenvalue weighted by Gasteiger charge is -1.75. The molecule has 2 aromatic rings. The van der Waals surface area contributed by atoms with E-state index in [1.165, 1.54) is 22.7 Å². The van der Waals surface area contributed by atoms with Crippen LogP contribution in [0.2, 0.25) is 0 Å². The maximum Gasteiger partial charge on any atom is 0.124 e. The molecule has 0 nitrogen and oxygen atoms in total. The Hall–Kier alpha value is -0.740. The summed E-state index contributed by atoms with van der Waals surface area (Å²) in [5.74, 6) is 0. The van der Waals surface area contributed by atoms with Gasteiger partial charge in [0.2, 0.25) is 0 Å². The van der Waals surface area contributed by atoms with Crippen LogP contribution in [0.15, 0.2) is 34.3 Å². The number of rotatable bonds is 2. The Balaban J connectivity index is 0.000000140. The predicted octanol–water partition coefficient (Wildman–Crippen LogP) is 4.44. The zero-order valence-electron chi connectivity index (χ0n) is 7.45. The van der Waals surface area contributed by atoms with Crippen molar-refractivity contribution in [3.05, 3.63) is 44.8 Å².